The normalized spacial score (nSPS) is 31.8. The van der Waals surface area contributed by atoms with Crippen LogP contribution in [0.15, 0.2) is 18.2 Å². The first-order chi connectivity index (χ1) is 13.2. The van der Waals surface area contributed by atoms with Crippen LogP contribution in [0.4, 0.5) is 4.39 Å². The van der Waals surface area contributed by atoms with Crippen molar-refractivity contribution in [2.45, 2.75) is 62.6 Å². The summed E-state index contributed by atoms with van der Waals surface area (Å²) in [6, 6.07) is 5.19. The molecule has 0 aromatic heterocycles. The van der Waals surface area contributed by atoms with Gasteiger partial charge >= 0.3 is 0 Å². The third-order valence-corrected chi connectivity index (χ3v) is 6.42. The summed E-state index contributed by atoms with van der Waals surface area (Å²) >= 11 is 0. The number of hydrogen-bond acceptors (Lipinski definition) is 4. The zero-order valence-electron chi connectivity index (χ0n) is 16.0. The lowest BCUT2D eigenvalue weighted by Gasteiger charge is -2.41. The molecule has 1 aromatic rings. The van der Waals surface area contributed by atoms with E-state index in [0.717, 1.165) is 45.1 Å². The van der Waals surface area contributed by atoms with Gasteiger partial charge in [-0.25, -0.2) is 4.39 Å². The van der Waals surface area contributed by atoms with Crippen LogP contribution in [0.25, 0.3) is 0 Å². The summed E-state index contributed by atoms with van der Waals surface area (Å²) in [5.41, 5.74) is 0.631. The summed E-state index contributed by atoms with van der Waals surface area (Å²) in [6.45, 7) is 1.21. The zero-order chi connectivity index (χ0) is 18.8. The van der Waals surface area contributed by atoms with Crippen molar-refractivity contribution in [3.05, 3.63) is 29.6 Å². The molecule has 5 nitrogen and oxygen atoms in total. The zero-order valence-corrected chi connectivity index (χ0v) is 16.0. The van der Waals surface area contributed by atoms with E-state index < -0.39 is 0 Å². The third kappa shape index (κ3) is 3.83. The summed E-state index contributed by atoms with van der Waals surface area (Å²) < 4.78 is 26.7. The van der Waals surface area contributed by atoms with Gasteiger partial charge in [0.25, 0.3) is 5.91 Å². The third-order valence-electron chi connectivity index (χ3n) is 6.42. The van der Waals surface area contributed by atoms with Gasteiger partial charge in [-0.05, 0) is 63.6 Å². The fourth-order valence-electron chi connectivity index (χ4n) is 4.92. The largest absolute Gasteiger partial charge is 0.483 e. The van der Waals surface area contributed by atoms with Crippen molar-refractivity contribution in [3.8, 4) is 5.75 Å². The van der Waals surface area contributed by atoms with Crippen LogP contribution >= 0.6 is 0 Å². The van der Waals surface area contributed by atoms with Gasteiger partial charge in [-0.3, -0.25) is 4.79 Å². The van der Waals surface area contributed by atoms with E-state index >= 15 is 0 Å². The quantitative estimate of drug-likeness (QED) is 0.819. The molecule has 1 amide bonds. The average Bonchev–Trinajstić information content (AvgIpc) is 2.71. The topological polar surface area (TPSA) is 50.8 Å². The highest BCUT2D eigenvalue weighted by Gasteiger charge is 2.36. The Morgan fingerprint density at radius 3 is 2.78 bits per heavy atom. The van der Waals surface area contributed by atoms with Gasteiger partial charge < -0.3 is 19.7 Å². The summed E-state index contributed by atoms with van der Waals surface area (Å²) in [5, 5.41) is 3.35. The number of piperidine rings is 1. The fraction of sp³-hybridized carbons (Fsp3) is 0.667. The Morgan fingerprint density at radius 1 is 1.19 bits per heavy atom. The second-order valence-electron chi connectivity index (χ2n) is 7.94. The van der Waals surface area contributed by atoms with Crippen LogP contribution in [-0.4, -0.2) is 55.8 Å². The minimum Gasteiger partial charge on any atom is -0.483 e. The van der Waals surface area contributed by atoms with Gasteiger partial charge in [0.1, 0.15) is 11.6 Å². The molecule has 0 spiro atoms. The highest BCUT2D eigenvalue weighted by Crippen LogP contribution is 2.40. The van der Waals surface area contributed by atoms with Crippen LogP contribution in [-0.2, 0) is 9.53 Å². The maximum Gasteiger partial charge on any atom is 0.260 e. The predicted molar refractivity (Wildman–Crippen MR) is 100 cm³/mol. The first-order valence-electron chi connectivity index (χ1n) is 10.2. The predicted octanol–water partition coefficient (Wildman–Crippen LogP) is 2.84. The number of ether oxygens (including phenoxy) is 2. The molecular formula is C21H29FN2O3. The summed E-state index contributed by atoms with van der Waals surface area (Å²) in [5.74, 6) is 0.367. The molecule has 3 heterocycles. The molecule has 1 saturated carbocycles. The molecule has 1 N–H and O–H groups in total. The first-order valence-corrected chi connectivity index (χ1v) is 10.2. The fourth-order valence-corrected chi connectivity index (χ4v) is 4.92. The SMILES string of the molecule is CN[C@H]1CCCN2C(=O)COc3cccc(F)c3C3CCC(CC3)OC[C@@H]12. The molecule has 1 aromatic carbocycles. The molecule has 3 aliphatic heterocycles. The van der Waals surface area contributed by atoms with Gasteiger partial charge in [0.05, 0.1) is 18.8 Å². The van der Waals surface area contributed by atoms with Crippen LogP contribution < -0.4 is 10.1 Å². The molecule has 0 radical (unpaired) electrons. The van der Waals surface area contributed by atoms with Crippen molar-refractivity contribution in [2.75, 3.05) is 26.8 Å². The van der Waals surface area contributed by atoms with Crippen LogP contribution in [0.1, 0.15) is 50.0 Å². The van der Waals surface area contributed by atoms with E-state index in [1.54, 1.807) is 12.1 Å². The van der Waals surface area contributed by atoms with E-state index in [1.807, 2.05) is 11.9 Å². The summed E-state index contributed by atoms with van der Waals surface area (Å²) in [6.07, 6.45) is 5.81. The average molecular weight is 376 g/mol. The lowest BCUT2D eigenvalue weighted by molar-refractivity contribution is -0.140. The standard InChI is InChI=1S/C21H29FN2O3/c1-23-17-5-3-11-24-18(17)12-26-15-9-7-14(8-10-15)21-16(22)4-2-6-19(21)27-13-20(24)25/h2,4,6,14-15,17-18,23H,3,5,7-13H2,1H3/t14?,15?,17-,18-/m0/s1. The number of rotatable bonds is 1. The highest BCUT2D eigenvalue weighted by atomic mass is 19.1. The van der Waals surface area contributed by atoms with Crippen LogP contribution in [0, 0.1) is 5.82 Å². The molecule has 2 fully saturated rings. The number of benzene rings is 1. The Balaban J connectivity index is 1.64. The maximum absolute atomic E-state index is 14.6. The molecule has 2 bridgehead atoms. The number of carbonyl (C=O) groups excluding carboxylic acids is 1. The molecule has 1 saturated heterocycles. The molecule has 6 heteroatoms. The highest BCUT2D eigenvalue weighted by molar-refractivity contribution is 5.78. The number of halogens is 1. The van der Waals surface area contributed by atoms with Gasteiger partial charge in [0.15, 0.2) is 6.61 Å². The molecule has 27 heavy (non-hydrogen) atoms. The molecule has 4 aliphatic rings. The Hall–Kier alpha value is -1.66. The summed E-state index contributed by atoms with van der Waals surface area (Å²) in [7, 11) is 1.94. The molecule has 148 valence electrons. The van der Waals surface area contributed by atoms with E-state index in [-0.39, 0.29) is 42.4 Å². The molecular weight excluding hydrogens is 347 g/mol. The second kappa shape index (κ2) is 8.15. The number of likely N-dealkylation sites (N-methyl/N-ethyl adjacent to an activating group) is 1. The van der Waals surface area contributed by atoms with E-state index in [4.69, 9.17) is 9.47 Å². The van der Waals surface area contributed by atoms with Crippen molar-refractivity contribution in [1.29, 1.82) is 0 Å². The lowest BCUT2D eigenvalue weighted by Crippen LogP contribution is -2.58. The number of hydrogen-bond donors (Lipinski definition) is 1. The number of carbonyl (C=O) groups is 1. The van der Waals surface area contributed by atoms with Gasteiger partial charge in [-0.2, -0.15) is 0 Å². The van der Waals surface area contributed by atoms with Crippen LogP contribution in [0.3, 0.4) is 0 Å². The van der Waals surface area contributed by atoms with E-state index in [1.165, 1.54) is 6.07 Å². The molecule has 2 atom stereocenters. The van der Waals surface area contributed by atoms with E-state index in [9.17, 15) is 9.18 Å². The maximum atomic E-state index is 14.6. The number of amides is 1. The number of nitrogens with zero attached hydrogens (tertiary/aromatic N) is 1. The van der Waals surface area contributed by atoms with E-state index in [2.05, 4.69) is 5.32 Å². The smallest absolute Gasteiger partial charge is 0.260 e. The minimum absolute atomic E-state index is 0.0188. The summed E-state index contributed by atoms with van der Waals surface area (Å²) in [4.78, 5) is 14.8. The van der Waals surface area contributed by atoms with Crippen LogP contribution in [0.2, 0.25) is 0 Å². The molecule has 1 aliphatic carbocycles. The van der Waals surface area contributed by atoms with Gasteiger partial charge in [0, 0.05) is 18.2 Å². The van der Waals surface area contributed by atoms with Crippen molar-refractivity contribution < 1.29 is 18.7 Å². The van der Waals surface area contributed by atoms with Crippen molar-refractivity contribution in [2.24, 2.45) is 0 Å². The molecule has 5 rings (SSSR count). The monoisotopic (exact) mass is 376 g/mol. The Kier molecular flexibility index (Phi) is 5.64. The van der Waals surface area contributed by atoms with Gasteiger partial charge in [-0.1, -0.05) is 6.07 Å². The van der Waals surface area contributed by atoms with Gasteiger partial charge in [-0.15, -0.1) is 0 Å². The van der Waals surface area contributed by atoms with Crippen molar-refractivity contribution >= 4 is 5.91 Å². The Morgan fingerprint density at radius 2 is 2.00 bits per heavy atom. The minimum atomic E-state index is -0.231. The van der Waals surface area contributed by atoms with Crippen molar-refractivity contribution in [1.82, 2.24) is 10.2 Å². The lowest BCUT2D eigenvalue weighted by atomic mass is 9.82. The van der Waals surface area contributed by atoms with Crippen molar-refractivity contribution in [3.63, 3.8) is 0 Å². The van der Waals surface area contributed by atoms with Gasteiger partial charge in [0.2, 0.25) is 0 Å². The Labute approximate surface area is 160 Å². The second-order valence-corrected chi connectivity index (χ2v) is 7.94. The Bertz CT molecular complexity index is 675. The number of fused-ring (bicyclic) bond motifs is 5. The van der Waals surface area contributed by atoms with Crippen LogP contribution in [0.5, 0.6) is 5.75 Å². The molecule has 0 unspecified atom stereocenters. The number of nitrogens with one attached hydrogen (secondary N) is 1. The van der Waals surface area contributed by atoms with E-state index in [0.29, 0.717) is 17.9 Å². The first kappa shape index (κ1) is 18.7.